The molecule has 1 aromatic rings. The lowest BCUT2D eigenvalue weighted by Gasteiger charge is -2.06. The Morgan fingerprint density at radius 1 is 1.21 bits per heavy atom. The van der Waals surface area contributed by atoms with E-state index in [0.717, 1.165) is 12.2 Å². The molecular weight excluding hydrogens is 172 g/mol. The van der Waals surface area contributed by atoms with E-state index < -0.39 is 0 Å². The third kappa shape index (κ3) is 2.09. The lowest BCUT2D eigenvalue weighted by molar-refractivity contribution is 0.253. The Labute approximate surface area is 87.1 Å². The summed E-state index contributed by atoms with van der Waals surface area (Å²) in [4.78, 5) is 0. The fraction of sp³-hybridized carbons (Fsp3) is 0.538. The molecule has 1 unspecified atom stereocenters. The van der Waals surface area contributed by atoms with Crippen molar-refractivity contribution in [3.8, 4) is 5.75 Å². The number of benzene rings is 1. The average Bonchev–Trinajstić information content (AvgIpc) is 2.49. The van der Waals surface area contributed by atoms with Crippen LogP contribution in [0.15, 0.2) is 12.1 Å². The first-order chi connectivity index (χ1) is 6.66. The molecule has 0 saturated heterocycles. The number of aryl methyl sites for hydroxylation is 2. The zero-order valence-corrected chi connectivity index (χ0v) is 9.85. The minimum atomic E-state index is 0.362. The van der Waals surface area contributed by atoms with E-state index in [1.54, 1.807) is 0 Å². The minimum Gasteiger partial charge on any atom is -0.490 e. The van der Waals surface area contributed by atoms with Crippen LogP contribution in [0, 0.1) is 13.8 Å². The Balaban J connectivity index is 0.000000461. The van der Waals surface area contributed by atoms with E-state index >= 15 is 0 Å². The van der Waals surface area contributed by atoms with Gasteiger partial charge in [0.1, 0.15) is 11.9 Å². The lowest BCUT2D eigenvalue weighted by Crippen LogP contribution is -2.05. The van der Waals surface area contributed by atoms with Gasteiger partial charge in [-0.1, -0.05) is 31.5 Å². The van der Waals surface area contributed by atoms with Gasteiger partial charge in [0.05, 0.1) is 0 Å². The molecular formula is C13H20O. The van der Waals surface area contributed by atoms with Gasteiger partial charge >= 0.3 is 0 Å². The van der Waals surface area contributed by atoms with Crippen LogP contribution in [-0.4, -0.2) is 6.10 Å². The Hall–Kier alpha value is -0.980. The summed E-state index contributed by atoms with van der Waals surface area (Å²) in [6.07, 6.45) is 1.43. The summed E-state index contributed by atoms with van der Waals surface area (Å²) in [6.45, 7) is 10.4. The molecule has 1 nitrogen and oxygen atoms in total. The topological polar surface area (TPSA) is 9.23 Å². The summed E-state index contributed by atoms with van der Waals surface area (Å²) in [6, 6.07) is 4.41. The number of ether oxygens (including phenoxy) is 1. The van der Waals surface area contributed by atoms with Crippen LogP contribution in [0.3, 0.4) is 0 Å². The number of fused-ring (bicyclic) bond motifs is 1. The molecule has 1 aliphatic rings. The molecule has 0 aromatic heterocycles. The summed E-state index contributed by atoms with van der Waals surface area (Å²) in [5, 5.41) is 0. The van der Waals surface area contributed by atoms with E-state index in [9.17, 15) is 0 Å². The maximum atomic E-state index is 5.69. The maximum absolute atomic E-state index is 5.69. The molecule has 1 heterocycles. The van der Waals surface area contributed by atoms with E-state index in [1.807, 2.05) is 13.8 Å². The molecule has 0 spiro atoms. The number of hydrogen-bond acceptors (Lipinski definition) is 1. The SMILES string of the molecule is CC.Cc1cc(C)c2c(c1)CC(C)O2. The Morgan fingerprint density at radius 2 is 1.86 bits per heavy atom. The normalized spacial score (nSPS) is 17.9. The molecule has 1 heteroatoms. The molecule has 14 heavy (non-hydrogen) atoms. The zero-order chi connectivity index (χ0) is 10.7. The number of hydrogen-bond donors (Lipinski definition) is 0. The Kier molecular flexibility index (Phi) is 3.56. The van der Waals surface area contributed by atoms with Gasteiger partial charge in [-0.15, -0.1) is 0 Å². The quantitative estimate of drug-likeness (QED) is 0.609. The maximum Gasteiger partial charge on any atom is 0.125 e. The van der Waals surface area contributed by atoms with Crippen molar-refractivity contribution in [1.82, 2.24) is 0 Å². The minimum absolute atomic E-state index is 0.362. The standard InChI is InChI=1S/C11H14O.C2H6/c1-7-4-8(2)11-10(5-7)6-9(3)12-11;1-2/h4-5,9H,6H2,1-3H3;1-2H3. The van der Waals surface area contributed by atoms with Gasteiger partial charge in [-0.3, -0.25) is 0 Å². The van der Waals surface area contributed by atoms with Crippen molar-refractivity contribution in [2.24, 2.45) is 0 Å². The average molecular weight is 192 g/mol. The fourth-order valence-corrected chi connectivity index (χ4v) is 1.92. The highest BCUT2D eigenvalue weighted by Gasteiger charge is 2.20. The van der Waals surface area contributed by atoms with Crippen molar-refractivity contribution >= 4 is 0 Å². The molecule has 0 fully saturated rings. The van der Waals surface area contributed by atoms with Crippen molar-refractivity contribution in [3.63, 3.8) is 0 Å². The second-order valence-electron chi connectivity index (χ2n) is 3.70. The van der Waals surface area contributed by atoms with Crippen molar-refractivity contribution in [2.75, 3.05) is 0 Å². The molecule has 0 saturated carbocycles. The molecule has 1 atom stereocenters. The summed E-state index contributed by atoms with van der Waals surface area (Å²) in [7, 11) is 0. The van der Waals surface area contributed by atoms with Gasteiger partial charge in [-0.25, -0.2) is 0 Å². The Bertz CT molecular complexity index is 315. The first-order valence-electron chi connectivity index (χ1n) is 5.43. The number of rotatable bonds is 0. The van der Waals surface area contributed by atoms with Crippen LogP contribution in [0.25, 0.3) is 0 Å². The van der Waals surface area contributed by atoms with Gasteiger partial charge in [0.15, 0.2) is 0 Å². The van der Waals surface area contributed by atoms with E-state index in [2.05, 4.69) is 32.9 Å². The monoisotopic (exact) mass is 192 g/mol. The second kappa shape index (κ2) is 4.50. The van der Waals surface area contributed by atoms with Gasteiger partial charge in [-0.05, 0) is 31.9 Å². The van der Waals surface area contributed by atoms with E-state index in [4.69, 9.17) is 4.74 Å². The molecule has 0 N–H and O–H groups in total. The van der Waals surface area contributed by atoms with Gasteiger partial charge in [0.25, 0.3) is 0 Å². The van der Waals surface area contributed by atoms with Gasteiger partial charge in [-0.2, -0.15) is 0 Å². The Morgan fingerprint density at radius 3 is 2.50 bits per heavy atom. The summed E-state index contributed by atoms with van der Waals surface area (Å²) >= 11 is 0. The van der Waals surface area contributed by atoms with Crippen LogP contribution in [0.5, 0.6) is 5.75 Å². The lowest BCUT2D eigenvalue weighted by atomic mass is 10.0. The van der Waals surface area contributed by atoms with Crippen LogP contribution >= 0.6 is 0 Å². The molecule has 0 bridgehead atoms. The molecule has 78 valence electrons. The highest BCUT2D eigenvalue weighted by Crippen LogP contribution is 2.32. The van der Waals surface area contributed by atoms with Crippen molar-refractivity contribution < 1.29 is 4.74 Å². The van der Waals surface area contributed by atoms with Crippen LogP contribution in [0.2, 0.25) is 0 Å². The van der Waals surface area contributed by atoms with Crippen LogP contribution in [0.4, 0.5) is 0 Å². The van der Waals surface area contributed by atoms with Gasteiger partial charge in [0.2, 0.25) is 0 Å². The van der Waals surface area contributed by atoms with E-state index in [1.165, 1.54) is 16.7 Å². The first kappa shape index (κ1) is 11.1. The highest BCUT2D eigenvalue weighted by molar-refractivity contribution is 5.46. The predicted molar refractivity (Wildman–Crippen MR) is 61.1 cm³/mol. The van der Waals surface area contributed by atoms with Crippen molar-refractivity contribution in [1.29, 1.82) is 0 Å². The summed E-state index contributed by atoms with van der Waals surface area (Å²) in [5.74, 6) is 1.12. The van der Waals surface area contributed by atoms with Crippen LogP contribution in [-0.2, 0) is 6.42 Å². The fourth-order valence-electron chi connectivity index (χ4n) is 1.92. The first-order valence-corrected chi connectivity index (χ1v) is 5.43. The summed E-state index contributed by atoms with van der Waals surface area (Å²) in [5.41, 5.74) is 3.98. The molecule has 2 rings (SSSR count). The summed E-state index contributed by atoms with van der Waals surface area (Å²) < 4.78 is 5.69. The zero-order valence-electron chi connectivity index (χ0n) is 9.85. The van der Waals surface area contributed by atoms with Crippen LogP contribution in [0.1, 0.15) is 37.5 Å². The second-order valence-corrected chi connectivity index (χ2v) is 3.70. The molecule has 0 radical (unpaired) electrons. The van der Waals surface area contributed by atoms with Crippen molar-refractivity contribution in [2.45, 2.75) is 47.1 Å². The van der Waals surface area contributed by atoms with Crippen molar-refractivity contribution in [3.05, 3.63) is 28.8 Å². The predicted octanol–water partition coefficient (Wildman–Crippen LogP) is 3.65. The highest BCUT2D eigenvalue weighted by atomic mass is 16.5. The molecule has 1 aromatic carbocycles. The van der Waals surface area contributed by atoms with E-state index in [0.29, 0.717) is 6.10 Å². The van der Waals surface area contributed by atoms with Gasteiger partial charge < -0.3 is 4.74 Å². The third-order valence-electron chi connectivity index (χ3n) is 2.32. The third-order valence-corrected chi connectivity index (χ3v) is 2.32. The van der Waals surface area contributed by atoms with Gasteiger partial charge in [0, 0.05) is 6.42 Å². The van der Waals surface area contributed by atoms with E-state index in [-0.39, 0.29) is 0 Å². The molecule has 1 aliphatic heterocycles. The van der Waals surface area contributed by atoms with Crippen LogP contribution < -0.4 is 4.74 Å². The smallest absolute Gasteiger partial charge is 0.125 e. The largest absolute Gasteiger partial charge is 0.490 e. The molecule has 0 aliphatic carbocycles. The molecule has 0 amide bonds.